The van der Waals surface area contributed by atoms with E-state index >= 15 is 0 Å². The Labute approximate surface area is 150 Å². The fourth-order valence-electron chi connectivity index (χ4n) is 3.28. The van der Waals surface area contributed by atoms with Gasteiger partial charge in [-0.05, 0) is 42.1 Å². The first-order valence-electron chi connectivity index (χ1n) is 8.80. The van der Waals surface area contributed by atoms with E-state index in [2.05, 4.69) is 10.4 Å². The number of benzene rings is 2. The first kappa shape index (κ1) is 15.5. The van der Waals surface area contributed by atoms with Crippen molar-refractivity contribution in [3.63, 3.8) is 0 Å². The maximum Gasteiger partial charge on any atom is 0.251 e. The van der Waals surface area contributed by atoms with Crippen molar-refractivity contribution in [3.05, 3.63) is 59.5 Å². The minimum atomic E-state index is -1.05. The van der Waals surface area contributed by atoms with Gasteiger partial charge in [0.2, 0.25) is 0 Å². The summed E-state index contributed by atoms with van der Waals surface area (Å²) in [5.41, 5.74) is 7.04. The van der Waals surface area contributed by atoms with Crippen molar-refractivity contribution in [2.75, 3.05) is 13.1 Å². The fraction of sp³-hybridized carbons (Fsp3) is 0.263. The number of carbonyl (C=O) groups is 1. The minimum absolute atomic E-state index is 0.0211. The Bertz CT molecular complexity index is 1020. The number of aromatic nitrogens is 2. The van der Waals surface area contributed by atoms with Crippen molar-refractivity contribution in [3.8, 4) is 5.69 Å². The predicted octanol–water partition coefficient (Wildman–Crippen LogP) is 2.68. The van der Waals surface area contributed by atoms with Gasteiger partial charge < -0.3 is 11.1 Å². The average Bonchev–Trinajstić information content (AvgIpc) is 3.04. The highest BCUT2D eigenvalue weighted by Crippen LogP contribution is 2.26. The molecule has 1 aliphatic heterocycles. The molecule has 0 radical (unpaired) electrons. The third kappa shape index (κ3) is 3.06. The third-order valence-electron chi connectivity index (χ3n) is 4.55. The van der Waals surface area contributed by atoms with Crippen LogP contribution in [0.3, 0.4) is 0 Å². The topological polar surface area (TPSA) is 72.9 Å². The summed E-state index contributed by atoms with van der Waals surface area (Å²) >= 11 is 0. The van der Waals surface area contributed by atoms with E-state index in [1.807, 2.05) is 0 Å². The molecule has 26 heavy (non-hydrogen) atoms. The third-order valence-corrected chi connectivity index (χ3v) is 4.55. The molecule has 7 heteroatoms. The predicted molar refractivity (Wildman–Crippen MR) is 94.7 cm³/mol. The van der Waals surface area contributed by atoms with Gasteiger partial charge >= 0.3 is 0 Å². The molecule has 5 nitrogen and oxygen atoms in total. The number of hydrogen-bond acceptors (Lipinski definition) is 3. The number of primary amides is 1. The molecule has 2 aromatic carbocycles. The maximum absolute atomic E-state index is 13.7. The molecule has 0 unspecified atom stereocenters. The average molecular weight is 357 g/mol. The Balaban J connectivity index is 1.70. The SMILES string of the molecule is [2H][C@@]1(c2ccc(-n3cc4cc(F)cc(C(N)=O)c4n3)cc2)CNC[C@@H](F)C1. The summed E-state index contributed by atoms with van der Waals surface area (Å²) in [4.78, 5) is 11.5. The number of hydrogen-bond donors (Lipinski definition) is 2. The number of nitrogens with one attached hydrogen (secondary N) is 1. The Morgan fingerprint density at radius 1 is 1.31 bits per heavy atom. The largest absolute Gasteiger partial charge is 0.366 e. The maximum atomic E-state index is 13.7. The van der Waals surface area contributed by atoms with Gasteiger partial charge in [-0.2, -0.15) is 5.10 Å². The molecule has 0 saturated carbocycles. The molecular formula is C19H18F2N4O. The van der Waals surface area contributed by atoms with Crippen LogP contribution in [0.25, 0.3) is 16.6 Å². The highest BCUT2D eigenvalue weighted by molar-refractivity contribution is 6.04. The van der Waals surface area contributed by atoms with Gasteiger partial charge in [-0.3, -0.25) is 4.79 Å². The molecular weight excluding hydrogens is 338 g/mol. The lowest BCUT2D eigenvalue weighted by Gasteiger charge is -2.26. The van der Waals surface area contributed by atoms with E-state index in [-0.39, 0.29) is 18.5 Å². The van der Waals surface area contributed by atoms with Crippen LogP contribution >= 0.6 is 0 Å². The second kappa shape index (κ2) is 6.49. The van der Waals surface area contributed by atoms with E-state index in [0.29, 0.717) is 28.7 Å². The normalized spacial score (nSPS) is 23.8. The standard InChI is InChI=1S/C19H18F2N4O/c20-14-6-13-10-25(24-18(13)17(7-14)19(22)26)16-3-1-11(2-4-16)12-5-15(21)9-23-8-12/h1-4,6-7,10,12,15,23H,5,8-9H2,(H2,22,26)/t12-,15-/m0/s1/i12D. The molecule has 1 fully saturated rings. The highest BCUT2D eigenvalue weighted by atomic mass is 19.1. The number of alkyl halides is 1. The van der Waals surface area contributed by atoms with Crippen molar-refractivity contribution < 1.29 is 14.9 Å². The summed E-state index contributed by atoms with van der Waals surface area (Å²) in [6, 6.07) is 9.42. The lowest BCUT2D eigenvalue weighted by molar-refractivity contribution is 0.100. The lowest BCUT2D eigenvalue weighted by atomic mass is 9.91. The number of nitrogens with zero attached hydrogens (tertiary/aromatic N) is 2. The van der Waals surface area contributed by atoms with Crippen LogP contribution in [-0.4, -0.2) is 34.9 Å². The summed E-state index contributed by atoms with van der Waals surface area (Å²) in [5.74, 6) is -2.33. The van der Waals surface area contributed by atoms with Crippen LogP contribution in [0.5, 0.6) is 0 Å². The van der Waals surface area contributed by atoms with Crippen LogP contribution in [0.15, 0.2) is 42.6 Å². The minimum Gasteiger partial charge on any atom is -0.366 e. The van der Waals surface area contributed by atoms with Crippen LogP contribution in [0, 0.1) is 5.82 Å². The van der Waals surface area contributed by atoms with E-state index in [9.17, 15) is 13.6 Å². The molecule has 3 aromatic rings. The van der Waals surface area contributed by atoms with E-state index in [4.69, 9.17) is 7.10 Å². The molecule has 134 valence electrons. The van der Waals surface area contributed by atoms with Gasteiger partial charge in [0.1, 0.15) is 17.5 Å². The first-order valence-corrected chi connectivity index (χ1v) is 8.30. The molecule has 1 aromatic heterocycles. The van der Waals surface area contributed by atoms with E-state index in [0.717, 1.165) is 6.07 Å². The molecule has 1 aliphatic rings. The zero-order chi connectivity index (χ0) is 19.2. The zero-order valence-electron chi connectivity index (χ0n) is 14.9. The molecule has 0 aliphatic carbocycles. The van der Waals surface area contributed by atoms with Gasteiger partial charge in [0.05, 0.1) is 11.3 Å². The van der Waals surface area contributed by atoms with Crippen molar-refractivity contribution in [1.82, 2.24) is 15.1 Å². The van der Waals surface area contributed by atoms with Gasteiger partial charge in [0.15, 0.2) is 0 Å². The van der Waals surface area contributed by atoms with Crippen LogP contribution in [-0.2, 0) is 0 Å². The van der Waals surface area contributed by atoms with Gasteiger partial charge in [0.25, 0.3) is 5.91 Å². The Morgan fingerprint density at radius 2 is 2.08 bits per heavy atom. The van der Waals surface area contributed by atoms with Crippen molar-refractivity contribution in [1.29, 1.82) is 0 Å². The summed E-state index contributed by atoms with van der Waals surface area (Å²) in [5, 5.41) is 7.76. The second-order valence-electron chi connectivity index (χ2n) is 6.41. The quantitative estimate of drug-likeness (QED) is 0.757. The molecule has 0 bridgehead atoms. The summed E-state index contributed by atoms with van der Waals surface area (Å²) in [6.07, 6.45) is 0.706. The van der Waals surface area contributed by atoms with Crippen molar-refractivity contribution in [2.45, 2.75) is 18.5 Å². The molecule has 1 amide bonds. The van der Waals surface area contributed by atoms with Crippen LogP contribution in [0.4, 0.5) is 8.78 Å². The molecule has 3 N–H and O–H groups in total. The highest BCUT2D eigenvalue weighted by Gasteiger charge is 2.22. The number of carbonyl (C=O) groups excluding carboxylic acids is 1. The van der Waals surface area contributed by atoms with Crippen molar-refractivity contribution >= 4 is 16.8 Å². The van der Waals surface area contributed by atoms with Gasteiger partial charge in [-0.25, -0.2) is 13.5 Å². The smallest absolute Gasteiger partial charge is 0.251 e. The van der Waals surface area contributed by atoms with Crippen LogP contribution in [0.1, 0.15) is 29.6 Å². The summed E-state index contributed by atoms with van der Waals surface area (Å²) in [6.45, 7) is 0.664. The summed E-state index contributed by atoms with van der Waals surface area (Å²) < 4.78 is 37.5. The van der Waals surface area contributed by atoms with Gasteiger partial charge in [-0.1, -0.05) is 12.1 Å². The van der Waals surface area contributed by atoms with Crippen LogP contribution in [0.2, 0.25) is 0 Å². The Hall–Kier alpha value is -2.80. The number of fused-ring (bicyclic) bond motifs is 1. The number of nitrogens with two attached hydrogens (primary N) is 1. The molecule has 4 rings (SSSR count). The monoisotopic (exact) mass is 357 g/mol. The van der Waals surface area contributed by atoms with Crippen LogP contribution < -0.4 is 11.1 Å². The molecule has 0 spiro atoms. The Kier molecular flexibility index (Phi) is 3.86. The molecule has 1 saturated heterocycles. The number of halogens is 2. The second-order valence-corrected chi connectivity index (χ2v) is 6.41. The fourth-order valence-corrected chi connectivity index (χ4v) is 3.28. The Morgan fingerprint density at radius 3 is 2.77 bits per heavy atom. The summed E-state index contributed by atoms with van der Waals surface area (Å²) in [7, 11) is 0. The zero-order valence-corrected chi connectivity index (χ0v) is 13.9. The van der Waals surface area contributed by atoms with E-state index in [1.54, 1.807) is 30.5 Å². The number of piperidine rings is 1. The molecule has 2 heterocycles. The van der Waals surface area contributed by atoms with E-state index < -0.39 is 23.8 Å². The van der Waals surface area contributed by atoms with Gasteiger partial charge in [-0.15, -0.1) is 0 Å². The number of amides is 1. The lowest BCUT2D eigenvalue weighted by Crippen LogP contribution is -2.36. The number of rotatable bonds is 3. The van der Waals surface area contributed by atoms with Crippen molar-refractivity contribution in [2.24, 2.45) is 5.73 Å². The van der Waals surface area contributed by atoms with E-state index in [1.165, 1.54) is 10.7 Å². The van der Waals surface area contributed by atoms with Gasteiger partial charge in [0, 0.05) is 26.0 Å². The molecule has 2 atom stereocenters. The first-order chi connectivity index (χ1) is 12.9.